The van der Waals surface area contributed by atoms with Gasteiger partial charge in [-0.2, -0.15) is 5.10 Å². The molecule has 2 aromatic rings. The second-order valence-electron chi connectivity index (χ2n) is 3.57. The van der Waals surface area contributed by atoms with Gasteiger partial charge in [0.2, 0.25) is 0 Å². The van der Waals surface area contributed by atoms with Crippen LogP contribution in [0.5, 0.6) is 0 Å². The van der Waals surface area contributed by atoms with E-state index in [0.29, 0.717) is 11.4 Å². The maximum Gasteiger partial charge on any atom is 0.278 e. The van der Waals surface area contributed by atoms with Crippen molar-refractivity contribution in [2.24, 2.45) is 7.05 Å². The number of nitrogen functional groups attached to an aromatic ring is 1. The van der Waals surface area contributed by atoms with E-state index < -0.39 is 0 Å². The van der Waals surface area contributed by atoms with Gasteiger partial charge in [0.05, 0.1) is 5.69 Å². The fraction of sp³-hybridized carbons (Fsp3) is 0.0909. The average molecular weight is 295 g/mol. The normalized spacial score (nSPS) is 10.2. The molecular formula is C11H11BrN4O. The Hall–Kier alpha value is -1.82. The Morgan fingerprint density at radius 2 is 2.06 bits per heavy atom. The van der Waals surface area contributed by atoms with Crippen molar-refractivity contribution >= 4 is 33.2 Å². The number of benzene rings is 1. The Balaban J connectivity index is 2.17. The number of nitrogens with two attached hydrogens (primary N) is 1. The lowest BCUT2D eigenvalue weighted by Gasteiger charge is -2.03. The van der Waals surface area contributed by atoms with Crippen molar-refractivity contribution in [2.75, 3.05) is 11.1 Å². The van der Waals surface area contributed by atoms with E-state index >= 15 is 0 Å². The summed E-state index contributed by atoms with van der Waals surface area (Å²) in [6.45, 7) is 0. The van der Waals surface area contributed by atoms with Crippen molar-refractivity contribution in [3.8, 4) is 0 Å². The van der Waals surface area contributed by atoms with Crippen LogP contribution in [0, 0.1) is 0 Å². The van der Waals surface area contributed by atoms with Gasteiger partial charge in [-0.25, -0.2) is 0 Å². The molecule has 0 radical (unpaired) electrons. The standard InChI is InChI=1S/C11H11BrN4O/c1-16-6-9(13)10(15-16)11(17)14-8-4-2-7(12)3-5-8/h2-6H,13H2,1H3,(H,14,17). The van der Waals surface area contributed by atoms with Crippen LogP contribution >= 0.6 is 15.9 Å². The number of hydrogen-bond acceptors (Lipinski definition) is 3. The number of amides is 1. The van der Waals surface area contributed by atoms with Crippen molar-refractivity contribution in [1.82, 2.24) is 9.78 Å². The van der Waals surface area contributed by atoms with Crippen LogP contribution in [0.25, 0.3) is 0 Å². The zero-order valence-electron chi connectivity index (χ0n) is 9.14. The Morgan fingerprint density at radius 1 is 1.41 bits per heavy atom. The lowest BCUT2D eigenvalue weighted by molar-refractivity contribution is 0.102. The van der Waals surface area contributed by atoms with Crippen LogP contribution in [0.3, 0.4) is 0 Å². The summed E-state index contributed by atoms with van der Waals surface area (Å²) < 4.78 is 2.46. The predicted octanol–water partition coefficient (Wildman–Crippen LogP) is 2.02. The first-order valence-electron chi connectivity index (χ1n) is 4.92. The number of rotatable bonds is 2. The Labute approximate surface area is 107 Å². The zero-order valence-corrected chi connectivity index (χ0v) is 10.7. The molecule has 1 aromatic carbocycles. The van der Waals surface area contributed by atoms with Gasteiger partial charge in [0.15, 0.2) is 5.69 Å². The Morgan fingerprint density at radius 3 is 2.59 bits per heavy atom. The number of anilines is 2. The highest BCUT2D eigenvalue weighted by atomic mass is 79.9. The van der Waals surface area contributed by atoms with Gasteiger partial charge in [-0.05, 0) is 24.3 Å². The minimum absolute atomic E-state index is 0.232. The van der Waals surface area contributed by atoms with E-state index in [4.69, 9.17) is 5.73 Å². The summed E-state index contributed by atoms with van der Waals surface area (Å²) in [6.07, 6.45) is 1.59. The Bertz CT molecular complexity index is 547. The molecule has 3 N–H and O–H groups in total. The van der Waals surface area contributed by atoms with E-state index in [0.717, 1.165) is 4.47 Å². The smallest absolute Gasteiger partial charge is 0.278 e. The van der Waals surface area contributed by atoms with E-state index in [1.807, 2.05) is 12.1 Å². The van der Waals surface area contributed by atoms with Crippen molar-refractivity contribution in [2.45, 2.75) is 0 Å². The first-order chi connectivity index (χ1) is 8.06. The van der Waals surface area contributed by atoms with Gasteiger partial charge >= 0.3 is 0 Å². The summed E-state index contributed by atoms with van der Waals surface area (Å²) in [5, 5.41) is 6.72. The van der Waals surface area contributed by atoms with E-state index in [2.05, 4.69) is 26.3 Å². The van der Waals surface area contributed by atoms with Crippen molar-refractivity contribution in [1.29, 1.82) is 0 Å². The molecule has 0 unspecified atom stereocenters. The molecule has 6 heteroatoms. The van der Waals surface area contributed by atoms with Gasteiger partial charge in [-0.1, -0.05) is 15.9 Å². The van der Waals surface area contributed by atoms with Crippen LogP contribution in [0.2, 0.25) is 0 Å². The minimum atomic E-state index is -0.314. The molecule has 0 saturated heterocycles. The molecule has 0 aliphatic rings. The minimum Gasteiger partial charge on any atom is -0.396 e. The van der Waals surface area contributed by atoms with Crippen molar-refractivity contribution < 1.29 is 4.79 Å². The van der Waals surface area contributed by atoms with Crippen molar-refractivity contribution in [3.63, 3.8) is 0 Å². The van der Waals surface area contributed by atoms with Crippen molar-refractivity contribution in [3.05, 3.63) is 40.6 Å². The summed E-state index contributed by atoms with van der Waals surface area (Å²) >= 11 is 3.32. The zero-order chi connectivity index (χ0) is 12.4. The molecule has 0 spiro atoms. The molecule has 1 heterocycles. The topological polar surface area (TPSA) is 72.9 Å². The first-order valence-corrected chi connectivity index (χ1v) is 5.71. The lowest BCUT2D eigenvalue weighted by Crippen LogP contribution is -2.14. The van der Waals surface area contributed by atoms with Crippen LogP contribution < -0.4 is 11.1 Å². The third kappa shape index (κ3) is 2.65. The van der Waals surface area contributed by atoms with Crippen LogP contribution in [-0.2, 0) is 7.05 Å². The number of nitrogens with zero attached hydrogens (tertiary/aromatic N) is 2. The Kier molecular flexibility index (Phi) is 3.14. The highest BCUT2D eigenvalue weighted by Gasteiger charge is 2.13. The molecule has 0 aliphatic heterocycles. The molecular weight excluding hydrogens is 284 g/mol. The molecule has 0 aliphatic carbocycles. The van der Waals surface area contributed by atoms with Gasteiger partial charge in [0, 0.05) is 23.4 Å². The number of aromatic nitrogens is 2. The summed E-state index contributed by atoms with van der Waals surface area (Å²) in [5.41, 5.74) is 6.96. The molecule has 0 bridgehead atoms. The van der Waals surface area contributed by atoms with E-state index in [-0.39, 0.29) is 11.6 Å². The van der Waals surface area contributed by atoms with E-state index in [9.17, 15) is 4.79 Å². The molecule has 17 heavy (non-hydrogen) atoms. The maximum atomic E-state index is 11.9. The third-order valence-electron chi connectivity index (χ3n) is 2.17. The number of nitrogens with one attached hydrogen (secondary N) is 1. The molecule has 1 amide bonds. The number of carbonyl (C=O) groups is 1. The van der Waals surface area contributed by atoms with Gasteiger partial charge in [0.1, 0.15) is 0 Å². The summed E-state index contributed by atoms with van der Waals surface area (Å²) in [5.74, 6) is -0.314. The second kappa shape index (κ2) is 4.58. The summed E-state index contributed by atoms with van der Waals surface area (Å²) in [7, 11) is 1.72. The van der Waals surface area contributed by atoms with E-state index in [1.165, 1.54) is 4.68 Å². The van der Waals surface area contributed by atoms with Crippen LogP contribution in [0.4, 0.5) is 11.4 Å². The number of halogens is 1. The van der Waals surface area contributed by atoms with Gasteiger partial charge in [-0.3, -0.25) is 9.48 Å². The summed E-state index contributed by atoms with van der Waals surface area (Å²) in [6, 6.07) is 7.27. The number of carbonyl (C=O) groups excluding carboxylic acids is 1. The largest absolute Gasteiger partial charge is 0.396 e. The molecule has 1 aromatic heterocycles. The molecule has 2 rings (SSSR count). The lowest BCUT2D eigenvalue weighted by atomic mass is 10.3. The van der Waals surface area contributed by atoms with Gasteiger partial charge < -0.3 is 11.1 Å². The molecule has 5 nitrogen and oxygen atoms in total. The van der Waals surface area contributed by atoms with Crippen LogP contribution in [0.1, 0.15) is 10.5 Å². The molecule has 0 saturated carbocycles. The second-order valence-corrected chi connectivity index (χ2v) is 4.48. The predicted molar refractivity (Wildman–Crippen MR) is 69.7 cm³/mol. The fourth-order valence-electron chi connectivity index (χ4n) is 1.41. The number of aryl methyl sites for hydroxylation is 1. The highest BCUT2D eigenvalue weighted by molar-refractivity contribution is 9.10. The monoisotopic (exact) mass is 294 g/mol. The van der Waals surface area contributed by atoms with E-state index in [1.54, 1.807) is 25.4 Å². The molecule has 0 fully saturated rings. The van der Waals surface area contributed by atoms with Gasteiger partial charge in [0.25, 0.3) is 5.91 Å². The molecule has 0 atom stereocenters. The van der Waals surface area contributed by atoms with Crippen LogP contribution in [0.15, 0.2) is 34.9 Å². The van der Waals surface area contributed by atoms with Crippen LogP contribution in [-0.4, -0.2) is 15.7 Å². The fourth-order valence-corrected chi connectivity index (χ4v) is 1.67. The average Bonchev–Trinajstić information content (AvgIpc) is 2.61. The highest BCUT2D eigenvalue weighted by Crippen LogP contribution is 2.16. The number of hydrogen-bond donors (Lipinski definition) is 2. The maximum absolute atomic E-state index is 11.9. The summed E-state index contributed by atoms with van der Waals surface area (Å²) in [4.78, 5) is 11.9. The third-order valence-corrected chi connectivity index (χ3v) is 2.70. The first kappa shape index (κ1) is 11.7. The quantitative estimate of drug-likeness (QED) is 0.890. The SMILES string of the molecule is Cn1cc(N)c(C(=O)Nc2ccc(Br)cc2)n1. The van der Waals surface area contributed by atoms with Gasteiger partial charge in [-0.15, -0.1) is 0 Å². The molecule has 88 valence electrons.